The minimum absolute atomic E-state index is 0.692. The van der Waals surface area contributed by atoms with Gasteiger partial charge in [-0.25, -0.2) is 0 Å². The lowest BCUT2D eigenvalue weighted by atomic mass is 10.3. The zero-order chi connectivity index (χ0) is 7.84. The molecule has 0 spiro atoms. The Kier molecular flexibility index (Phi) is 1.44. The molecule has 60 valence electrons. The SMILES string of the molecule is CCn1cnnc1C1CC1C. The highest BCUT2D eigenvalue weighted by atomic mass is 15.3. The molecule has 0 bridgehead atoms. The molecule has 11 heavy (non-hydrogen) atoms. The average molecular weight is 151 g/mol. The summed E-state index contributed by atoms with van der Waals surface area (Å²) < 4.78 is 2.13. The average Bonchev–Trinajstić information content (AvgIpc) is 2.58. The van der Waals surface area contributed by atoms with Crippen LogP contribution in [-0.4, -0.2) is 14.8 Å². The maximum Gasteiger partial charge on any atom is 0.136 e. The van der Waals surface area contributed by atoms with Crippen LogP contribution in [0.1, 0.15) is 32.0 Å². The van der Waals surface area contributed by atoms with E-state index in [-0.39, 0.29) is 0 Å². The molecule has 2 atom stereocenters. The second kappa shape index (κ2) is 2.32. The van der Waals surface area contributed by atoms with E-state index in [1.165, 1.54) is 12.2 Å². The molecular formula is C8H13N3. The normalized spacial score (nSPS) is 28.9. The van der Waals surface area contributed by atoms with E-state index >= 15 is 0 Å². The molecule has 3 heteroatoms. The number of rotatable bonds is 2. The van der Waals surface area contributed by atoms with E-state index in [9.17, 15) is 0 Å². The van der Waals surface area contributed by atoms with Crippen LogP contribution in [0.2, 0.25) is 0 Å². The van der Waals surface area contributed by atoms with Gasteiger partial charge in [0.2, 0.25) is 0 Å². The minimum Gasteiger partial charge on any atom is -0.318 e. The van der Waals surface area contributed by atoms with Gasteiger partial charge in [0.25, 0.3) is 0 Å². The molecule has 1 saturated carbocycles. The van der Waals surface area contributed by atoms with Crippen LogP contribution in [0.5, 0.6) is 0 Å². The van der Waals surface area contributed by atoms with Gasteiger partial charge in [-0.1, -0.05) is 6.92 Å². The van der Waals surface area contributed by atoms with E-state index in [4.69, 9.17) is 0 Å². The standard InChI is InChI=1S/C8H13N3/c1-3-11-5-9-10-8(11)7-4-6(7)2/h5-7H,3-4H2,1-2H3. The largest absolute Gasteiger partial charge is 0.318 e. The van der Waals surface area contributed by atoms with Crippen molar-refractivity contribution in [2.24, 2.45) is 5.92 Å². The van der Waals surface area contributed by atoms with Crippen molar-refractivity contribution in [1.29, 1.82) is 0 Å². The van der Waals surface area contributed by atoms with Crippen LogP contribution >= 0.6 is 0 Å². The zero-order valence-electron chi connectivity index (χ0n) is 6.99. The Morgan fingerprint density at radius 3 is 3.00 bits per heavy atom. The second-order valence-corrected chi connectivity index (χ2v) is 3.29. The van der Waals surface area contributed by atoms with Gasteiger partial charge in [-0.2, -0.15) is 0 Å². The van der Waals surface area contributed by atoms with Gasteiger partial charge >= 0.3 is 0 Å². The highest BCUT2D eigenvalue weighted by Crippen LogP contribution is 2.45. The number of hydrogen-bond acceptors (Lipinski definition) is 2. The van der Waals surface area contributed by atoms with Crippen LogP contribution in [0, 0.1) is 5.92 Å². The summed E-state index contributed by atoms with van der Waals surface area (Å²) >= 11 is 0. The summed E-state index contributed by atoms with van der Waals surface area (Å²) in [6, 6.07) is 0. The van der Waals surface area contributed by atoms with Crippen molar-refractivity contribution in [3.63, 3.8) is 0 Å². The van der Waals surface area contributed by atoms with Gasteiger partial charge in [0, 0.05) is 12.5 Å². The molecule has 0 amide bonds. The Bertz CT molecular complexity index is 254. The molecule has 1 aliphatic carbocycles. The quantitative estimate of drug-likeness (QED) is 0.640. The molecule has 0 aromatic carbocycles. The van der Waals surface area contributed by atoms with Crippen LogP contribution < -0.4 is 0 Å². The third kappa shape index (κ3) is 1.04. The summed E-state index contributed by atoms with van der Waals surface area (Å²) in [6.45, 7) is 5.38. The fourth-order valence-corrected chi connectivity index (χ4v) is 1.48. The number of nitrogens with zero attached hydrogens (tertiary/aromatic N) is 3. The van der Waals surface area contributed by atoms with Crippen molar-refractivity contribution >= 4 is 0 Å². The maximum atomic E-state index is 4.11. The molecule has 0 N–H and O–H groups in total. The molecule has 2 unspecified atom stereocenters. The summed E-state index contributed by atoms with van der Waals surface area (Å²) in [5.74, 6) is 2.70. The summed E-state index contributed by atoms with van der Waals surface area (Å²) in [4.78, 5) is 0. The van der Waals surface area contributed by atoms with Gasteiger partial charge in [-0.3, -0.25) is 0 Å². The first-order chi connectivity index (χ1) is 5.33. The first-order valence-corrected chi connectivity index (χ1v) is 4.20. The maximum absolute atomic E-state index is 4.11. The molecule has 1 aliphatic rings. The highest BCUT2D eigenvalue weighted by molar-refractivity contribution is 5.08. The van der Waals surface area contributed by atoms with E-state index in [1.807, 2.05) is 6.33 Å². The Balaban J connectivity index is 2.23. The fraction of sp³-hybridized carbons (Fsp3) is 0.750. The fourth-order valence-electron chi connectivity index (χ4n) is 1.48. The smallest absolute Gasteiger partial charge is 0.136 e. The third-order valence-electron chi connectivity index (χ3n) is 2.43. The molecule has 1 aromatic rings. The lowest BCUT2D eigenvalue weighted by Crippen LogP contribution is -1.99. The van der Waals surface area contributed by atoms with E-state index < -0.39 is 0 Å². The molecule has 1 aromatic heterocycles. The summed E-state index contributed by atoms with van der Waals surface area (Å²) in [5, 5.41) is 8.01. The first-order valence-electron chi connectivity index (χ1n) is 4.20. The minimum atomic E-state index is 0.692. The molecule has 1 fully saturated rings. The van der Waals surface area contributed by atoms with Crippen molar-refractivity contribution in [2.75, 3.05) is 0 Å². The van der Waals surface area contributed by atoms with Gasteiger partial charge in [0.05, 0.1) is 0 Å². The molecule has 1 heterocycles. The molecular weight excluding hydrogens is 138 g/mol. The van der Waals surface area contributed by atoms with Crippen LogP contribution in [0.3, 0.4) is 0 Å². The predicted octanol–water partition coefficient (Wildman–Crippen LogP) is 1.42. The van der Waals surface area contributed by atoms with Crippen molar-refractivity contribution < 1.29 is 0 Å². The van der Waals surface area contributed by atoms with Crippen LogP contribution in [-0.2, 0) is 6.54 Å². The molecule has 0 radical (unpaired) electrons. The molecule has 2 rings (SSSR count). The van der Waals surface area contributed by atoms with Crippen LogP contribution in [0.15, 0.2) is 6.33 Å². The molecule has 0 aliphatic heterocycles. The lowest BCUT2D eigenvalue weighted by Gasteiger charge is -1.99. The van der Waals surface area contributed by atoms with Gasteiger partial charge in [-0.05, 0) is 19.3 Å². The second-order valence-electron chi connectivity index (χ2n) is 3.29. The molecule has 3 nitrogen and oxygen atoms in total. The van der Waals surface area contributed by atoms with Crippen LogP contribution in [0.4, 0.5) is 0 Å². The van der Waals surface area contributed by atoms with Crippen molar-refractivity contribution in [1.82, 2.24) is 14.8 Å². The Hall–Kier alpha value is -0.860. The van der Waals surface area contributed by atoms with Gasteiger partial charge in [0.1, 0.15) is 12.2 Å². The third-order valence-corrected chi connectivity index (χ3v) is 2.43. The van der Waals surface area contributed by atoms with E-state index in [1.54, 1.807) is 0 Å². The molecule has 0 saturated heterocycles. The first kappa shape index (κ1) is 6.83. The number of aryl methyl sites for hydroxylation is 1. The van der Waals surface area contributed by atoms with E-state index in [0.717, 1.165) is 12.5 Å². The van der Waals surface area contributed by atoms with Gasteiger partial charge in [-0.15, -0.1) is 10.2 Å². The topological polar surface area (TPSA) is 30.7 Å². The van der Waals surface area contributed by atoms with E-state index in [2.05, 4.69) is 28.6 Å². The predicted molar refractivity (Wildman–Crippen MR) is 42.2 cm³/mol. The monoisotopic (exact) mass is 151 g/mol. The Morgan fingerprint density at radius 2 is 2.45 bits per heavy atom. The Labute approximate surface area is 66.4 Å². The number of aromatic nitrogens is 3. The summed E-state index contributed by atoms with van der Waals surface area (Å²) in [7, 11) is 0. The zero-order valence-corrected chi connectivity index (χ0v) is 6.99. The van der Waals surface area contributed by atoms with Crippen molar-refractivity contribution in [2.45, 2.75) is 32.7 Å². The summed E-state index contributed by atoms with van der Waals surface area (Å²) in [5.41, 5.74) is 0. The number of hydrogen-bond donors (Lipinski definition) is 0. The Morgan fingerprint density at radius 1 is 1.73 bits per heavy atom. The summed E-state index contributed by atoms with van der Waals surface area (Å²) in [6.07, 6.45) is 3.11. The van der Waals surface area contributed by atoms with Gasteiger partial charge in [0.15, 0.2) is 0 Å². The highest BCUT2D eigenvalue weighted by Gasteiger charge is 2.37. The van der Waals surface area contributed by atoms with Crippen molar-refractivity contribution in [3.8, 4) is 0 Å². The lowest BCUT2D eigenvalue weighted by molar-refractivity contribution is 0.686. The van der Waals surface area contributed by atoms with Gasteiger partial charge < -0.3 is 4.57 Å². The van der Waals surface area contributed by atoms with Crippen LogP contribution in [0.25, 0.3) is 0 Å². The van der Waals surface area contributed by atoms with Crippen molar-refractivity contribution in [3.05, 3.63) is 12.2 Å². The van der Waals surface area contributed by atoms with E-state index in [0.29, 0.717) is 5.92 Å².